The number of hydrogen-bond donors (Lipinski definition) is 1. The van der Waals surface area contributed by atoms with Crippen LogP contribution >= 0.6 is 0 Å². The summed E-state index contributed by atoms with van der Waals surface area (Å²) in [4.78, 5) is 14.5. The SMILES string of the molecule is Cc1ccoc1C(=O)NC[C@@H]1CCN(C/C=C/c2ccccc2)C1. The van der Waals surface area contributed by atoms with Crippen molar-refractivity contribution in [1.82, 2.24) is 10.2 Å². The average molecular weight is 324 g/mol. The van der Waals surface area contributed by atoms with E-state index in [1.54, 1.807) is 6.26 Å². The number of benzene rings is 1. The van der Waals surface area contributed by atoms with Gasteiger partial charge in [0.15, 0.2) is 5.76 Å². The van der Waals surface area contributed by atoms with Gasteiger partial charge in [-0.3, -0.25) is 9.69 Å². The molecule has 126 valence electrons. The van der Waals surface area contributed by atoms with Crippen LogP contribution in [0.15, 0.2) is 53.2 Å². The molecule has 1 aromatic heterocycles. The Bertz CT molecular complexity index is 691. The van der Waals surface area contributed by atoms with Crippen LogP contribution in [0.3, 0.4) is 0 Å². The second kappa shape index (κ2) is 7.97. The molecule has 0 radical (unpaired) electrons. The van der Waals surface area contributed by atoms with Gasteiger partial charge in [-0.1, -0.05) is 42.5 Å². The normalized spacial score (nSPS) is 18.3. The number of furan rings is 1. The molecular formula is C20H24N2O2. The van der Waals surface area contributed by atoms with Crippen molar-refractivity contribution in [3.8, 4) is 0 Å². The lowest BCUT2D eigenvalue weighted by Gasteiger charge is -2.14. The van der Waals surface area contributed by atoms with Crippen LogP contribution in [0.5, 0.6) is 0 Å². The van der Waals surface area contributed by atoms with E-state index in [1.165, 1.54) is 5.56 Å². The Morgan fingerprint density at radius 2 is 2.17 bits per heavy atom. The van der Waals surface area contributed by atoms with Crippen LogP contribution in [0.2, 0.25) is 0 Å². The first-order chi connectivity index (χ1) is 11.7. The van der Waals surface area contributed by atoms with Crippen LogP contribution in [0.4, 0.5) is 0 Å². The van der Waals surface area contributed by atoms with Crippen LogP contribution in [0.1, 0.15) is 28.1 Å². The van der Waals surface area contributed by atoms with Gasteiger partial charge in [0.25, 0.3) is 5.91 Å². The maximum atomic E-state index is 12.1. The third-order valence-corrected chi connectivity index (χ3v) is 4.46. The predicted molar refractivity (Wildman–Crippen MR) is 95.8 cm³/mol. The molecule has 4 heteroatoms. The fourth-order valence-corrected chi connectivity index (χ4v) is 3.07. The molecule has 1 N–H and O–H groups in total. The first-order valence-electron chi connectivity index (χ1n) is 8.48. The lowest BCUT2D eigenvalue weighted by molar-refractivity contribution is 0.0919. The summed E-state index contributed by atoms with van der Waals surface area (Å²) in [5, 5.41) is 2.99. The molecule has 1 fully saturated rings. The highest BCUT2D eigenvalue weighted by atomic mass is 16.3. The van der Waals surface area contributed by atoms with Crippen molar-refractivity contribution in [2.24, 2.45) is 5.92 Å². The van der Waals surface area contributed by atoms with Crippen molar-refractivity contribution in [2.45, 2.75) is 13.3 Å². The summed E-state index contributed by atoms with van der Waals surface area (Å²) in [7, 11) is 0. The van der Waals surface area contributed by atoms with Crippen LogP contribution in [-0.2, 0) is 0 Å². The number of rotatable bonds is 6. The summed E-state index contributed by atoms with van der Waals surface area (Å²) in [6.45, 7) is 5.65. The second-order valence-electron chi connectivity index (χ2n) is 6.37. The number of amides is 1. The van der Waals surface area contributed by atoms with E-state index in [-0.39, 0.29) is 5.91 Å². The summed E-state index contributed by atoms with van der Waals surface area (Å²) in [5.41, 5.74) is 2.11. The lowest BCUT2D eigenvalue weighted by atomic mass is 10.1. The minimum Gasteiger partial charge on any atom is -0.459 e. The molecule has 0 saturated carbocycles. The molecule has 2 heterocycles. The number of likely N-dealkylation sites (tertiary alicyclic amines) is 1. The quantitative estimate of drug-likeness (QED) is 0.886. The predicted octanol–water partition coefficient (Wildman–Crippen LogP) is 3.35. The van der Waals surface area contributed by atoms with E-state index in [2.05, 4.69) is 46.6 Å². The summed E-state index contributed by atoms with van der Waals surface area (Å²) in [5.74, 6) is 0.824. The highest BCUT2D eigenvalue weighted by Crippen LogP contribution is 2.16. The maximum absolute atomic E-state index is 12.1. The van der Waals surface area contributed by atoms with Gasteiger partial charge in [-0.05, 0) is 37.4 Å². The molecule has 1 atom stereocenters. The Balaban J connectivity index is 1.40. The largest absolute Gasteiger partial charge is 0.459 e. The van der Waals surface area contributed by atoms with E-state index < -0.39 is 0 Å². The van der Waals surface area contributed by atoms with E-state index in [0.29, 0.717) is 18.2 Å². The van der Waals surface area contributed by atoms with Crippen molar-refractivity contribution in [3.63, 3.8) is 0 Å². The Kier molecular flexibility index (Phi) is 5.49. The average Bonchev–Trinajstić information content (AvgIpc) is 3.23. The number of hydrogen-bond acceptors (Lipinski definition) is 3. The molecule has 2 aromatic rings. The highest BCUT2D eigenvalue weighted by Gasteiger charge is 2.22. The van der Waals surface area contributed by atoms with Gasteiger partial charge in [-0.2, -0.15) is 0 Å². The van der Waals surface area contributed by atoms with Crippen molar-refractivity contribution in [1.29, 1.82) is 0 Å². The van der Waals surface area contributed by atoms with Crippen LogP contribution in [0.25, 0.3) is 6.08 Å². The van der Waals surface area contributed by atoms with Gasteiger partial charge in [0.05, 0.1) is 6.26 Å². The number of nitrogens with zero attached hydrogens (tertiary/aromatic N) is 1. The first kappa shape index (κ1) is 16.5. The third-order valence-electron chi connectivity index (χ3n) is 4.46. The molecule has 1 aliphatic heterocycles. The zero-order valence-corrected chi connectivity index (χ0v) is 14.1. The van der Waals surface area contributed by atoms with E-state index in [0.717, 1.165) is 31.6 Å². The fourth-order valence-electron chi connectivity index (χ4n) is 3.07. The van der Waals surface area contributed by atoms with Crippen LogP contribution < -0.4 is 5.32 Å². The molecule has 1 aromatic carbocycles. The second-order valence-corrected chi connectivity index (χ2v) is 6.37. The minimum atomic E-state index is -0.111. The topological polar surface area (TPSA) is 45.5 Å². The minimum absolute atomic E-state index is 0.111. The maximum Gasteiger partial charge on any atom is 0.287 e. The van der Waals surface area contributed by atoms with Crippen molar-refractivity contribution in [3.05, 3.63) is 65.6 Å². The molecule has 1 aliphatic rings. The third kappa shape index (κ3) is 4.36. The summed E-state index contributed by atoms with van der Waals surface area (Å²) < 4.78 is 5.23. The molecule has 24 heavy (non-hydrogen) atoms. The summed E-state index contributed by atoms with van der Waals surface area (Å²) in [6.07, 6.45) is 7.05. The van der Waals surface area contributed by atoms with Gasteiger partial charge in [-0.25, -0.2) is 0 Å². The van der Waals surface area contributed by atoms with E-state index in [4.69, 9.17) is 4.42 Å². The fraction of sp³-hybridized carbons (Fsp3) is 0.350. The van der Waals surface area contributed by atoms with E-state index in [1.807, 2.05) is 19.1 Å². The monoisotopic (exact) mass is 324 g/mol. The number of carbonyl (C=O) groups is 1. The molecule has 1 saturated heterocycles. The summed E-state index contributed by atoms with van der Waals surface area (Å²) in [6, 6.07) is 12.2. The van der Waals surface area contributed by atoms with E-state index in [9.17, 15) is 4.79 Å². The zero-order valence-electron chi connectivity index (χ0n) is 14.1. The highest BCUT2D eigenvalue weighted by molar-refractivity contribution is 5.92. The molecule has 0 aliphatic carbocycles. The molecular weight excluding hydrogens is 300 g/mol. The Hall–Kier alpha value is -2.33. The molecule has 0 unspecified atom stereocenters. The summed E-state index contributed by atoms with van der Waals surface area (Å²) >= 11 is 0. The van der Waals surface area contributed by atoms with Gasteiger partial charge in [0.2, 0.25) is 0 Å². The van der Waals surface area contributed by atoms with Gasteiger partial charge < -0.3 is 9.73 Å². The molecule has 3 rings (SSSR count). The molecule has 1 amide bonds. The van der Waals surface area contributed by atoms with Crippen LogP contribution in [0, 0.1) is 12.8 Å². The Morgan fingerprint density at radius 1 is 1.33 bits per heavy atom. The van der Waals surface area contributed by atoms with Crippen molar-refractivity contribution in [2.75, 3.05) is 26.2 Å². The number of carbonyl (C=O) groups excluding carboxylic acids is 1. The van der Waals surface area contributed by atoms with Gasteiger partial charge >= 0.3 is 0 Å². The Morgan fingerprint density at radius 3 is 2.92 bits per heavy atom. The molecule has 0 spiro atoms. The van der Waals surface area contributed by atoms with Gasteiger partial charge in [0, 0.05) is 25.2 Å². The first-order valence-corrected chi connectivity index (χ1v) is 8.48. The van der Waals surface area contributed by atoms with Crippen molar-refractivity contribution < 1.29 is 9.21 Å². The Labute approximate surface area is 143 Å². The standard InChI is InChI=1S/C20H24N2O2/c1-16-10-13-24-19(16)20(23)21-14-18-9-12-22(15-18)11-5-8-17-6-3-2-4-7-17/h2-8,10,13,18H,9,11-12,14-15H2,1H3,(H,21,23)/b8-5+/t18-/m0/s1. The van der Waals surface area contributed by atoms with Crippen molar-refractivity contribution >= 4 is 12.0 Å². The van der Waals surface area contributed by atoms with Crippen LogP contribution in [-0.4, -0.2) is 37.0 Å². The molecule has 4 nitrogen and oxygen atoms in total. The van der Waals surface area contributed by atoms with Gasteiger partial charge in [-0.15, -0.1) is 0 Å². The zero-order chi connectivity index (χ0) is 16.8. The number of aryl methyl sites for hydroxylation is 1. The van der Waals surface area contributed by atoms with E-state index >= 15 is 0 Å². The lowest BCUT2D eigenvalue weighted by Crippen LogP contribution is -2.31. The molecule has 0 bridgehead atoms. The smallest absolute Gasteiger partial charge is 0.287 e. The van der Waals surface area contributed by atoms with Gasteiger partial charge in [0.1, 0.15) is 0 Å². The number of nitrogens with one attached hydrogen (secondary N) is 1.